The van der Waals surface area contributed by atoms with Crippen LogP contribution in [0.5, 0.6) is 0 Å². The summed E-state index contributed by atoms with van der Waals surface area (Å²) in [5.74, 6) is -2.09. The summed E-state index contributed by atoms with van der Waals surface area (Å²) in [7, 11) is 0. The van der Waals surface area contributed by atoms with Crippen LogP contribution in [0.2, 0.25) is 0 Å². The van der Waals surface area contributed by atoms with Crippen molar-refractivity contribution in [3.8, 4) is 45.3 Å². The molecule has 0 N–H and O–H groups in total. The minimum atomic E-state index is -1.50. The standard InChI is InChI=1S/C30H22F2N4O2.C30H22F2N4O.103H2/c1-15-21-11-10-20-24(19-6-4-5-7-22(19)32)35-27(18-12-13-34-23-14-16(31)8-9-17(18)23)36-25(20)29(21,2)28-30(33-3,38-28)26(15)37;1-16-22-11-10-21-26(20-6-4-5-7-23(20)32)35-29(19-12-13-34-24-14-17(31)8-9-18(19)24)36-28(21)30(22,2)15-25(33-3)27(16)37;;;;;;;;;;;;;;;;;;;;;;;;;;;;;;;;;;;;;;;;;;;;;;;;;;;;;;;;;;;;;;;;;;;;;;;;;;;;;;;;;;;;;;;;;;;;;;;;;;;;;;;/h4-9,12-15,21,28H,10-11H2,1-2H3;4-9,12-16,22H,10-11H2,1-2H3;103*1H/t15-,21-,28+,29-,30-;16-,22-,30-;;;;;;;;;;;;;;;;;;;;;;;;;;;;;;;;;;;;;;;;;;;;;;;;;;;;;;;;;;;;;;;;;;;;;;;;;;;;;;;;;;;;;;;;;;;;;;;;;;;;;;;/m11......................................................................................................./s1/i;;102*1+2T;1+2. The number of ether oxygens (including phenoxy) is 1. The number of hydrogen-bond acceptors (Lipinski definition) is 9. The second kappa shape index (κ2) is 17.4. The van der Waals surface area contributed by atoms with E-state index >= 15 is 8.78 Å². The van der Waals surface area contributed by atoms with Gasteiger partial charge in [-0.3, -0.25) is 24.3 Å². The molecule has 15 heteroatoms. The molecule has 0 amide bonds. The van der Waals surface area contributed by atoms with Crippen molar-refractivity contribution in [2.24, 2.45) is 23.7 Å². The van der Waals surface area contributed by atoms with Crippen LogP contribution in [0.3, 0.4) is 0 Å². The highest BCUT2D eigenvalue weighted by Crippen LogP contribution is 2.63. The van der Waals surface area contributed by atoms with Crippen molar-refractivity contribution in [1.29, 1.82) is 0 Å². The topological polar surface area (TPSA) is 133 Å². The molecule has 576 valence electrons. The number of rotatable bonds is 4. The number of carbonyl (C=O) groups is 2. The summed E-state index contributed by atoms with van der Waals surface area (Å²) in [5, 5.41) is 1.33. The summed E-state index contributed by atoms with van der Waals surface area (Å²) in [5.41, 5.74) is 4.02. The van der Waals surface area contributed by atoms with Crippen molar-refractivity contribution in [2.75, 3.05) is 0 Å². The van der Waals surface area contributed by atoms with Gasteiger partial charge in [-0.25, -0.2) is 48.9 Å². The van der Waals surface area contributed by atoms with Gasteiger partial charge in [0.2, 0.25) is 5.70 Å². The first-order valence-electron chi connectivity index (χ1n) is 127. The van der Waals surface area contributed by atoms with Crippen LogP contribution >= 0.6 is 0 Å². The highest BCUT2D eigenvalue weighted by Gasteiger charge is 2.83. The number of ketones is 2. The maximum Gasteiger partial charge on any atom is 0.424 e. The van der Waals surface area contributed by atoms with E-state index in [1.165, 1.54) is 36.4 Å². The average Bonchev–Trinajstić information content (AvgIpc) is 1.49. The van der Waals surface area contributed by atoms with Gasteiger partial charge in [-0.2, -0.15) is 0 Å². The molecule has 4 aromatic heterocycles. The van der Waals surface area contributed by atoms with E-state index in [4.69, 9.17) is 341 Å². The molecule has 1 saturated heterocycles. The zero-order valence-electron chi connectivity index (χ0n) is 245. The van der Waals surface area contributed by atoms with Crippen LogP contribution in [0.4, 0.5) is 17.6 Å². The number of Topliss-reactive ketones (excluding diaryl/α,β-unsaturated/α-hetero) is 2. The van der Waals surface area contributed by atoms with Gasteiger partial charge in [0.25, 0.3) is 5.78 Å². The molecule has 4 aliphatic carbocycles. The lowest BCUT2D eigenvalue weighted by Gasteiger charge is -2.46. The number of hydrogen-bond donors (Lipinski definition) is 0. The Labute approximate surface area is 744 Å². The normalized spacial score (nSPS) is 36.9. The van der Waals surface area contributed by atoms with Crippen LogP contribution in [-0.2, 0) is 38.0 Å². The Bertz CT molecular complexity index is 4160. The van der Waals surface area contributed by atoms with Crippen molar-refractivity contribution in [3.05, 3.63) is 190 Å². The molecule has 4 aromatic carbocycles. The fraction of sp³-hybridized carbons (Fsp3) is 0.267. The van der Waals surface area contributed by atoms with Crippen LogP contribution < -0.4 is 0 Å². The Balaban J connectivity index is -0.0000000151. The van der Waals surface area contributed by atoms with Crippen LogP contribution in [0.25, 0.3) is 76.8 Å². The van der Waals surface area contributed by atoms with E-state index in [1.54, 1.807) is 79.1 Å². The average molecular weight is 1620 g/mol. The molecule has 2 fully saturated rings. The molecule has 13 rings (SSSR count). The summed E-state index contributed by atoms with van der Waals surface area (Å²) < 4.78 is 1080. The Morgan fingerprint density at radius 2 is 1.17 bits per heavy atom. The van der Waals surface area contributed by atoms with Crippen molar-refractivity contribution in [2.45, 2.75) is 76.0 Å². The Hall–Kier alpha value is -8.40. The maximum absolute atomic E-state index is 15.2. The number of pyridine rings is 2. The second-order valence-corrected chi connectivity index (χ2v) is 20.6. The number of aromatic nitrogens is 6. The third kappa shape index (κ3) is 7.15. The number of fused-ring (bicyclic) bond motifs is 10. The first-order valence-corrected chi connectivity index (χ1v) is 24.8. The van der Waals surface area contributed by atoms with Crippen LogP contribution in [-0.4, -0.2) is 53.3 Å². The summed E-state index contributed by atoms with van der Waals surface area (Å²) >= 11 is 0. The predicted octanol–water partition coefficient (Wildman–Crippen LogP) is 37.5. The van der Waals surface area contributed by atoms with Crippen LogP contribution in [0, 0.1) is 60.1 Å². The van der Waals surface area contributed by atoms with Crippen molar-refractivity contribution >= 4 is 33.4 Å². The van der Waals surface area contributed by atoms with Crippen LogP contribution in [0.1, 0.15) is 367 Å². The van der Waals surface area contributed by atoms with E-state index in [0.717, 1.165) is 11.1 Å². The van der Waals surface area contributed by atoms with Gasteiger partial charge in [0.1, 0.15) is 23.3 Å². The first kappa shape index (κ1) is 8.89. The Morgan fingerprint density at radius 1 is 0.653 bits per heavy atom. The van der Waals surface area contributed by atoms with Crippen molar-refractivity contribution in [3.63, 3.8) is 0 Å². The monoisotopic (exact) mass is 1620 g/mol. The largest absolute Gasteiger partial charge is 0.424 e. The minimum Gasteiger partial charge on any atom is -0.308 e. The molecule has 5 aliphatic rings. The molecule has 0 spiro atoms. The zero-order chi connectivity index (χ0) is 256. The molecule has 0 unspecified atom stereocenters. The summed E-state index contributed by atoms with van der Waals surface area (Å²) in [6.45, 7) is 23.1. The van der Waals surface area contributed by atoms with E-state index in [1.807, 2.05) is 27.7 Å². The van der Waals surface area contributed by atoms with Gasteiger partial charge in [-0.05, 0) is 98.2 Å². The summed E-state index contributed by atoms with van der Waals surface area (Å²) in [6.07, 6.45) is 6.77. The molecule has 5 heterocycles. The molecule has 1 aliphatic heterocycles. The number of halogens is 4. The predicted molar refractivity (Wildman–Crippen MR) is 490 cm³/mol. The molecule has 11 nitrogen and oxygen atoms in total. The Kier molecular flexibility index (Phi) is 2.06. The van der Waals surface area contributed by atoms with Gasteiger partial charge < -0.3 is 4.79 Å². The van der Waals surface area contributed by atoms with E-state index in [-0.39, 0.29) is 42.4 Å². The van der Waals surface area contributed by atoms with Gasteiger partial charge in [-0.15, -0.1) is 0 Å². The highest BCUT2D eigenvalue weighted by atomic mass is 19.1. The van der Waals surface area contributed by atoms with Gasteiger partial charge >= 0.3 is 5.72 Å². The SMILES string of the molecule is [3HH].[3H][3H].[3H][3H].[3H][3H].[3H][3H].[3H][3H].[3H][3H].[3H][3H].[3H][3H].[3H][3H].[3H][3H].[3H][3H].[3H][3H].[3H][3H].[3H][3H].[3H][3H].[3H][3H].[3H][3H].[3H][3H].[3H][3H].[3H][3H].[3H][3H].[3H][3H].[3H][3H].[3H][3H].[3H][3H].[3H][3H].[3H][3H].[3H][3H].[3H][3H].[3H][3H].[3H][3H].[3H][3H].[3H][3H].[3H][3H].[3H][3H].[3H][3H].[3H][3H].[3H][3H].[3H][3H].[3H][3H].[3H][3H].[3H][3H].[3H][3H].[3H][3H].[3H][3H].[3H][3H].[3H][3H].[3H][3H].[3H][3H].[3H][3H].[3H][3H].[3H][3H].[3H][3H].[3H][3H].[3H][3H].[3H][3H].[3H][3H].[3H][3H].[3H][3H].[3H][3H].[3H][3H].[3H][3H].[3H][3H].[3H][3H].[3H][3H].[3H][3H].[3H][3H].[3H][3H].[3H][3H].[3H][3H].[3H][3H].[3H][3H].[3H][3H].[3H][3H].[3H][3H].[3H][3H].[3H][3H].[3H][3H].[3H][3H].[3H][3H].[3H][3H].[3H][3H].[3H][3H].[3H][3H].[3H][3H].[3H][3H].[3H][3H].[3H][3H].[3H][3H].[3H][3H].[3H][3H].[3H][3H].[3H][3H].[3H][3H].[3H][3H].[3H][3H].[3H][3H].[3H][3H].[3H][3H].[3H][3H].[3H][3H].[3H][3H].[C-]#[N+]C1=C[C@@]2(C)c3nc(-c4ccnc5cc(F)ccc45)nc(-c4ccccc4F)c3CC[C@@H]2[C@@H](C)C1=O.[C-]#[N+][C@]12O[C@H]1[C@@]1(C)c3nc(-c4ccnc5cc(F)ccc45)nc(-c4ccccc4F)c3CC[C@@H]1[C@@H](C)C2=O. The van der Waals surface area contributed by atoms with Crippen molar-refractivity contribution < 1.29 is 336 Å². The van der Waals surface area contributed by atoms with E-state index in [9.17, 15) is 18.4 Å². The summed E-state index contributed by atoms with van der Waals surface area (Å²) in [4.78, 5) is 61.7. The van der Waals surface area contributed by atoms with Gasteiger partial charge in [0.15, 0.2) is 23.5 Å². The Morgan fingerprint density at radius 3 is 1.71 bits per heavy atom. The molecule has 75 heavy (non-hydrogen) atoms. The number of epoxide rings is 1. The third-order valence-corrected chi connectivity index (χ3v) is 16.6. The molecule has 0 bridgehead atoms. The quantitative estimate of drug-likeness (QED) is 0.0959. The fourth-order valence-corrected chi connectivity index (χ4v) is 12.9. The number of carbonyl (C=O) groups excluding carboxylic acids is 2. The maximum atomic E-state index is 15.2. The van der Waals surface area contributed by atoms with E-state index < -0.39 is 45.9 Å². The molecular formula is C60H250F4N8O3. The van der Waals surface area contributed by atoms with Gasteiger partial charge in [0, 0.05) is 390 Å². The first-order chi connectivity index (χ1) is 138. The second-order valence-electron chi connectivity index (χ2n) is 20.6. The lowest BCUT2D eigenvalue weighted by atomic mass is 9.55. The highest BCUT2D eigenvalue weighted by molar-refractivity contribution is 6.01. The zero-order valence-corrected chi connectivity index (χ0v) is 41.0. The minimum absolute atomic E-state index is 0. The number of nitrogens with zero attached hydrogens (tertiary/aromatic N) is 8. The van der Waals surface area contributed by atoms with Crippen molar-refractivity contribution in [1.82, 2.24) is 29.9 Å². The molecule has 8 atom stereocenters. The number of allylic oxidation sites excluding steroid dienone is 2. The van der Waals surface area contributed by atoms with E-state index in [2.05, 4.69) is 19.7 Å². The van der Waals surface area contributed by atoms with Gasteiger partial charge in [0.05, 0.1) is 45.8 Å². The molecular weight excluding hydrogens is 957 g/mol. The van der Waals surface area contributed by atoms with E-state index in [0.29, 0.717) is 104 Å². The van der Waals surface area contributed by atoms with Crippen LogP contribution in [0.15, 0.2) is 121 Å². The molecule has 0 radical (unpaired) electrons. The lowest BCUT2D eigenvalue weighted by molar-refractivity contribution is -0.130. The van der Waals surface area contributed by atoms with Gasteiger partial charge in [-0.1, -0.05) is 58.0 Å². The number of benzene rings is 4. The summed E-state index contributed by atoms with van der Waals surface area (Å²) in [6, 6.07) is 25.2. The molecule has 1 saturated carbocycles. The smallest absolute Gasteiger partial charge is 0.308 e. The lowest BCUT2D eigenvalue weighted by Crippen LogP contribution is -2.55. The fourth-order valence-electron chi connectivity index (χ4n) is 12.9. The molecule has 8 aromatic rings. The third-order valence-electron chi connectivity index (χ3n) is 16.6.